The molecule has 1 aliphatic heterocycles. The van der Waals surface area contributed by atoms with Gasteiger partial charge < -0.3 is 15.4 Å². The van der Waals surface area contributed by atoms with E-state index in [-0.39, 0.29) is 6.10 Å². The first-order valence-electron chi connectivity index (χ1n) is 8.43. The second kappa shape index (κ2) is 7.01. The molecule has 2 aromatic rings. The summed E-state index contributed by atoms with van der Waals surface area (Å²) < 4.78 is 6.33. The average molecular weight is 311 g/mol. The number of nitrogen functional groups attached to an aromatic ring is 1. The molecule has 0 bridgehead atoms. The number of fused-ring (bicyclic) bond motifs is 2. The smallest absolute Gasteiger partial charge is 0.142 e. The number of nitrogens with zero attached hydrogens (tertiary/aromatic N) is 2. The number of aromatic nitrogens is 1. The largest absolute Gasteiger partial charge is 0.484 e. The van der Waals surface area contributed by atoms with Crippen LogP contribution in [0.25, 0.3) is 0 Å². The van der Waals surface area contributed by atoms with Crippen LogP contribution in [-0.4, -0.2) is 29.5 Å². The molecule has 1 aliphatic rings. The van der Waals surface area contributed by atoms with E-state index in [0.29, 0.717) is 0 Å². The van der Waals surface area contributed by atoms with E-state index in [4.69, 9.17) is 10.5 Å². The summed E-state index contributed by atoms with van der Waals surface area (Å²) in [4.78, 5) is 7.02. The molecule has 0 aliphatic carbocycles. The van der Waals surface area contributed by atoms with Gasteiger partial charge in [-0.05, 0) is 30.8 Å². The van der Waals surface area contributed by atoms with Crippen molar-refractivity contribution in [3.63, 3.8) is 0 Å². The Hall–Kier alpha value is -2.07. The molecule has 0 radical (unpaired) electrons. The van der Waals surface area contributed by atoms with Crippen LogP contribution in [0.3, 0.4) is 0 Å². The summed E-state index contributed by atoms with van der Waals surface area (Å²) >= 11 is 0. The Morgan fingerprint density at radius 3 is 2.78 bits per heavy atom. The molecule has 4 nitrogen and oxygen atoms in total. The number of ether oxygens (including phenoxy) is 1. The molecule has 0 saturated heterocycles. The predicted molar refractivity (Wildman–Crippen MR) is 93.7 cm³/mol. The number of anilines is 1. The maximum Gasteiger partial charge on any atom is 0.142 e. The van der Waals surface area contributed by atoms with Crippen LogP contribution in [0, 0.1) is 0 Å². The molecule has 2 N–H and O–H groups in total. The first kappa shape index (κ1) is 15.8. The summed E-state index contributed by atoms with van der Waals surface area (Å²) in [5, 5.41) is 0. The summed E-state index contributed by atoms with van der Waals surface area (Å²) in [6, 6.07) is 10.1. The van der Waals surface area contributed by atoms with Gasteiger partial charge in [0.25, 0.3) is 0 Å². The van der Waals surface area contributed by atoms with E-state index in [2.05, 4.69) is 29.8 Å². The number of rotatable bonds is 5. The van der Waals surface area contributed by atoms with Gasteiger partial charge in [0.05, 0.1) is 5.69 Å². The van der Waals surface area contributed by atoms with Crippen molar-refractivity contribution in [2.24, 2.45) is 0 Å². The zero-order valence-electron chi connectivity index (χ0n) is 14.0. The number of hydrogen-bond acceptors (Lipinski definition) is 4. The Morgan fingerprint density at radius 1 is 1.22 bits per heavy atom. The predicted octanol–water partition coefficient (Wildman–Crippen LogP) is 3.42. The van der Waals surface area contributed by atoms with Crippen LogP contribution in [0.4, 0.5) is 5.69 Å². The van der Waals surface area contributed by atoms with Crippen molar-refractivity contribution >= 4 is 5.69 Å². The van der Waals surface area contributed by atoms with Gasteiger partial charge in [-0.1, -0.05) is 32.0 Å². The van der Waals surface area contributed by atoms with Gasteiger partial charge in [0.15, 0.2) is 0 Å². The fourth-order valence-electron chi connectivity index (χ4n) is 3.19. The van der Waals surface area contributed by atoms with Crippen molar-refractivity contribution in [3.8, 4) is 5.75 Å². The standard InChI is InChI=1S/C19H25N3O/c1-3-22(4-2)12-10-18-19-15(16(20)9-11-21-19)13-14-7-5-6-8-17(14)23-18/h5-9,11,18H,3-4,10,12-13H2,1-2H3,(H2,20,21). The normalized spacial score (nSPS) is 16.4. The molecule has 1 atom stereocenters. The third kappa shape index (κ3) is 3.32. The molecule has 1 unspecified atom stereocenters. The molecule has 0 fully saturated rings. The van der Waals surface area contributed by atoms with Gasteiger partial charge in [0, 0.05) is 36.8 Å². The van der Waals surface area contributed by atoms with E-state index in [9.17, 15) is 0 Å². The number of para-hydroxylation sites is 1. The Bertz CT molecular complexity index is 667. The molecule has 2 heterocycles. The van der Waals surface area contributed by atoms with Crippen molar-refractivity contribution in [3.05, 3.63) is 53.3 Å². The van der Waals surface area contributed by atoms with Crippen molar-refractivity contribution in [2.45, 2.75) is 32.8 Å². The molecule has 1 aromatic carbocycles. The van der Waals surface area contributed by atoms with Crippen LogP contribution in [0.1, 0.15) is 43.2 Å². The fourth-order valence-corrected chi connectivity index (χ4v) is 3.19. The van der Waals surface area contributed by atoms with E-state index in [1.165, 1.54) is 5.56 Å². The molecule has 0 amide bonds. The van der Waals surface area contributed by atoms with Gasteiger partial charge in [-0.15, -0.1) is 0 Å². The van der Waals surface area contributed by atoms with Gasteiger partial charge in [0.2, 0.25) is 0 Å². The van der Waals surface area contributed by atoms with Crippen molar-refractivity contribution in [2.75, 3.05) is 25.4 Å². The lowest BCUT2D eigenvalue weighted by Gasteiger charge is -2.23. The van der Waals surface area contributed by atoms with Crippen molar-refractivity contribution in [1.82, 2.24) is 9.88 Å². The molecule has 4 heteroatoms. The van der Waals surface area contributed by atoms with E-state index in [1.54, 1.807) is 6.20 Å². The fraction of sp³-hybridized carbons (Fsp3) is 0.421. The highest BCUT2D eigenvalue weighted by atomic mass is 16.5. The number of nitrogens with two attached hydrogens (primary N) is 1. The first-order valence-corrected chi connectivity index (χ1v) is 8.43. The Labute approximate surface area is 138 Å². The van der Waals surface area contributed by atoms with E-state index >= 15 is 0 Å². The first-order chi connectivity index (χ1) is 11.2. The SMILES string of the molecule is CCN(CC)CCC1Oc2ccccc2Cc2c(N)ccnc21. The second-order valence-corrected chi connectivity index (χ2v) is 5.97. The Kier molecular flexibility index (Phi) is 4.82. The summed E-state index contributed by atoms with van der Waals surface area (Å²) in [5.41, 5.74) is 10.3. The molecule has 0 saturated carbocycles. The third-order valence-electron chi connectivity index (χ3n) is 4.64. The van der Waals surface area contributed by atoms with Crippen LogP contribution in [0.15, 0.2) is 36.5 Å². The molecule has 122 valence electrons. The van der Waals surface area contributed by atoms with E-state index < -0.39 is 0 Å². The lowest BCUT2D eigenvalue weighted by molar-refractivity contribution is 0.165. The highest BCUT2D eigenvalue weighted by Gasteiger charge is 2.26. The van der Waals surface area contributed by atoms with Gasteiger partial charge in [-0.3, -0.25) is 4.98 Å². The summed E-state index contributed by atoms with van der Waals surface area (Å²) in [6.45, 7) is 7.48. The highest BCUT2D eigenvalue weighted by molar-refractivity contribution is 5.54. The minimum atomic E-state index is -0.0437. The monoisotopic (exact) mass is 311 g/mol. The van der Waals surface area contributed by atoms with Crippen LogP contribution in [0.2, 0.25) is 0 Å². The highest BCUT2D eigenvalue weighted by Crippen LogP contribution is 2.36. The summed E-state index contributed by atoms with van der Waals surface area (Å²) in [6.07, 6.45) is 3.45. The second-order valence-electron chi connectivity index (χ2n) is 5.97. The summed E-state index contributed by atoms with van der Waals surface area (Å²) in [7, 11) is 0. The lowest BCUT2D eigenvalue weighted by atomic mass is 9.99. The van der Waals surface area contributed by atoms with Gasteiger partial charge in [-0.2, -0.15) is 0 Å². The molecular formula is C19H25N3O. The molecule has 0 spiro atoms. The van der Waals surface area contributed by atoms with E-state index in [0.717, 1.165) is 55.2 Å². The van der Waals surface area contributed by atoms with Crippen LogP contribution >= 0.6 is 0 Å². The molecule has 3 rings (SSSR count). The molecule has 23 heavy (non-hydrogen) atoms. The molecule has 1 aromatic heterocycles. The minimum absolute atomic E-state index is 0.0437. The quantitative estimate of drug-likeness (QED) is 0.919. The van der Waals surface area contributed by atoms with Crippen LogP contribution in [0.5, 0.6) is 5.75 Å². The van der Waals surface area contributed by atoms with Gasteiger partial charge >= 0.3 is 0 Å². The van der Waals surface area contributed by atoms with Gasteiger partial charge in [0.1, 0.15) is 11.9 Å². The van der Waals surface area contributed by atoms with Gasteiger partial charge in [-0.25, -0.2) is 0 Å². The van der Waals surface area contributed by atoms with Crippen LogP contribution in [-0.2, 0) is 6.42 Å². The topological polar surface area (TPSA) is 51.4 Å². The van der Waals surface area contributed by atoms with Crippen molar-refractivity contribution in [1.29, 1.82) is 0 Å². The zero-order chi connectivity index (χ0) is 16.2. The molecular weight excluding hydrogens is 286 g/mol. The summed E-state index contributed by atoms with van der Waals surface area (Å²) in [5.74, 6) is 0.953. The average Bonchev–Trinajstić information content (AvgIpc) is 2.73. The van der Waals surface area contributed by atoms with E-state index in [1.807, 2.05) is 24.3 Å². The number of benzene rings is 1. The Morgan fingerprint density at radius 2 is 2.00 bits per heavy atom. The van der Waals surface area contributed by atoms with Crippen molar-refractivity contribution < 1.29 is 4.74 Å². The number of pyridine rings is 1. The zero-order valence-corrected chi connectivity index (χ0v) is 14.0. The third-order valence-corrected chi connectivity index (χ3v) is 4.64. The minimum Gasteiger partial charge on any atom is -0.484 e. The van der Waals surface area contributed by atoms with Crippen LogP contribution < -0.4 is 10.5 Å². The maximum absolute atomic E-state index is 6.33. The Balaban J connectivity index is 1.94. The maximum atomic E-state index is 6.33. The lowest BCUT2D eigenvalue weighted by Crippen LogP contribution is -2.26. The number of hydrogen-bond donors (Lipinski definition) is 1.